The molecule has 11 heavy (non-hydrogen) atoms. The fourth-order valence-corrected chi connectivity index (χ4v) is 1.46. The Morgan fingerprint density at radius 1 is 1.27 bits per heavy atom. The van der Waals surface area contributed by atoms with Gasteiger partial charge in [-0.2, -0.15) is 0 Å². The van der Waals surface area contributed by atoms with Crippen LogP contribution in [0, 0.1) is 0 Å². The van der Waals surface area contributed by atoms with Gasteiger partial charge in [0.25, 0.3) is 0 Å². The van der Waals surface area contributed by atoms with Crippen molar-refractivity contribution in [3.05, 3.63) is 29.3 Å². The highest BCUT2D eigenvalue weighted by atomic mass is 16.1. The smallest absolute Gasteiger partial charge is 0.163 e. The Bertz CT molecular complexity index is 317. The quantitative estimate of drug-likeness (QED) is 0.549. The van der Waals surface area contributed by atoms with E-state index in [-0.39, 0.29) is 5.78 Å². The minimum absolute atomic E-state index is 0.222. The van der Waals surface area contributed by atoms with Gasteiger partial charge in [0.15, 0.2) is 5.78 Å². The molecule has 0 aliphatic heterocycles. The first-order valence-electron chi connectivity index (χ1n) is 3.65. The maximum absolute atomic E-state index is 11.1. The normalized spacial score (nSPS) is 15.1. The van der Waals surface area contributed by atoms with Gasteiger partial charge in [-0.25, -0.2) is 0 Å². The van der Waals surface area contributed by atoms with Gasteiger partial charge in [-0.15, -0.1) is 0 Å². The molecule has 1 aliphatic rings. The van der Waals surface area contributed by atoms with Crippen molar-refractivity contribution in [2.75, 3.05) is 0 Å². The number of fused-ring (bicyclic) bond motifs is 1. The zero-order chi connectivity index (χ0) is 7.84. The summed E-state index contributed by atoms with van der Waals surface area (Å²) in [5.41, 5.74) is 9.68. The van der Waals surface area contributed by atoms with Crippen molar-refractivity contribution in [2.24, 2.45) is 0 Å². The Balaban J connectivity index is 2.59. The number of ketones is 1. The Morgan fingerprint density at radius 3 is 2.91 bits per heavy atom. The highest BCUT2D eigenvalue weighted by Gasteiger charge is 2.18. The second kappa shape index (κ2) is 2.09. The first kappa shape index (κ1) is 6.40. The molecular weight excluding hydrogens is 138 g/mol. The minimum Gasteiger partial charge on any atom is -0.301 e. The van der Waals surface area contributed by atoms with Gasteiger partial charge in [0, 0.05) is 12.0 Å². The van der Waals surface area contributed by atoms with E-state index in [4.69, 9.17) is 5.73 Å². The molecule has 1 aliphatic carbocycles. The monoisotopic (exact) mass is 146 g/mol. The van der Waals surface area contributed by atoms with Gasteiger partial charge >= 0.3 is 0 Å². The van der Waals surface area contributed by atoms with Crippen LogP contribution in [-0.2, 0) is 6.42 Å². The van der Waals surface area contributed by atoms with E-state index in [1.165, 1.54) is 0 Å². The summed E-state index contributed by atoms with van der Waals surface area (Å²) < 4.78 is 0. The molecule has 0 saturated carbocycles. The van der Waals surface area contributed by atoms with Gasteiger partial charge in [-0.3, -0.25) is 4.79 Å². The van der Waals surface area contributed by atoms with Crippen LogP contribution in [0.4, 0.5) is 5.69 Å². The van der Waals surface area contributed by atoms with Crippen LogP contribution < -0.4 is 5.73 Å². The third-order valence-corrected chi connectivity index (χ3v) is 2.03. The van der Waals surface area contributed by atoms with Gasteiger partial charge in [0.1, 0.15) is 0 Å². The molecule has 0 fully saturated rings. The van der Waals surface area contributed by atoms with Gasteiger partial charge in [-0.05, 0) is 30.2 Å². The third-order valence-electron chi connectivity index (χ3n) is 2.03. The lowest BCUT2D eigenvalue weighted by atomic mass is 10.1. The molecule has 2 heteroatoms. The Kier molecular flexibility index (Phi) is 1.22. The van der Waals surface area contributed by atoms with Crippen LogP contribution in [0.15, 0.2) is 18.2 Å². The number of Topliss-reactive ketones (excluding diaryl/α,β-unsaturated/α-hetero) is 1. The molecule has 0 atom stereocenters. The van der Waals surface area contributed by atoms with E-state index >= 15 is 0 Å². The summed E-state index contributed by atoms with van der Waals surface area (Å²) in [4.78, 5) is 11.1. The predicted molar refractivity (Wildman–Crippen MR) is 41.9 cm³/mol. The summed E-state index contributed by atoms with van der Waals surface area (Å²) in [5.74, 6) is 0.222. The summed E-state index contributed by atoms with van der Waals surface area (Å²) in [6, 6.07) is 5.20. The zero-order valence-corrected chi connectivity index (χ0v) is 6.05. The van der Waals surface area contributed by atoms with Crippen LogP contribution in [0.25, 0.3) is 0 Å². The summed E-state index contributed by atoms with van der Waals surface area (Å²) in [5, 5.41) is 0. The lowest BCUT2D eigenvalue weighted by molar-refractivity contribution is 0.0994. The molecular formula is C9H8NO. The maximum atomic E-state index is 11.1. The summed E-state index contributed by atoms with van der Waals surface area (Å²) >= 11 is 0. The molecule has 1 aromatic carbocycles. The van der Waals surface area contributed by atoms with Gasteiger partial charge in [0.2, 0.25) is 0 Å². The van der Waals surface area contributed by atoms with Crippen molar-refractivity contribution < 1.29 is 4.79 Å². The first-order valence-corrected chi connectivity index (χ1v) is 3.65. The van der Waals surface area contributed by atoms with E-state index in [0.717, 1.165) is 17.5 Å². The molecule has 0 bridgehead atoms. The fourth-order valence-electron chi connectivity index (χ4n) is 1.46. The second-order valence-electron chi connectivity index (χ2n) is 2.80. The van der Waals surface area contributed by atoms with Crippen LogP contribution in [0.1, 0.15) is 22.3 Å². The fraction of sp³-hybridized carbons (Fsp3) is 0.222. The standard InChI is InChI=1S/C9H8NO/c10-7-2-3-8-6(5-7)1-4-9(8)11/h2-3,5,10H,1,4H2. The summed E-state index contributed by atoms with van der Waals surface area (Å²) in [7, 11) is 0. The predicted octanol–water partition coefficient (Wildman–Crippen LogP) is 1.73. The van der Waals surface area contributed by atoms with Crippen LogP contribution in [0.3, 0.4) is 0 Å². The Morgan fingerprint density at radius 2 is 2.09 bits per heavy atom. The number of hydrogen-bond donors (Lipinski definition) is 0. The largest absolute Gasteiger partial charge is 0.301 e. The lowest BCUT2D eigenvalue weighted by Crippen LogP contribution is -1.89. The summed E-state index contributed by atoms with van der Waals surface area (Å²) in [6.07, 6.45) is 1.44. The van der Waals surface area contributed by atoms with E-state index < -0.39 is 0 Å². The Labute approximate surface area is 65.0 Å². The highest BCUT2D eigenvalue weighted by Crippen LogP contribution is 2.23. The van der Waals surface area contributed by atoms with E-state index in [9.17, 15) is 4.79 Å². The SMILES string of the molecule is [NH]c1ccc2c(c1)CCC2=O. The first-order chi connectivity index (χ1) is 5.27. The molecule has 2 nitrogen and oxygen atoms in total. The maximum Gasteiger partial charge on any atom is 0.163 e. The second-order valence-corrected chi connectivity index (χ2v) is 2.80. The van der Waals surface area contributed by atoms with Gasteiger partial charge < -0.3 is 5.73 Å². The average Bonchev–Trinajstić information content (AvgIpc) is 2.32. The third kappa shape index (κ3) is 0.909. The zero-order valence-electron chi connectivity index (χ0n) is 6.05. The van der Waals surface area contributed by atoms with Gasteiger partial charge in [0.05, 0.1) is 5.69 Å². The number of nitrogens with one attached hydrogen (secondary N) is 1. The molecule has 1 aromatic rings. The number of hydrogen-bond acceptors (Lipinski definition) is 1. The molecule has 0 amide bonds. The van der Waals surface area contributed by atoms with Crippen molar-refractivity contribution in [2.45, 2.75) is 12.8 Å². The minimum atomic E-state index is 0.222. The number of rotatable bonds is 0. The molecule has 0 heterocycles. The van der Waals surface area contributed by atoms with Crippen LogP contribution in [0.2, 0.25) is 0 Å². The Hall–Kier alpha value is -1.31. The molecule has 1 radical (unpaired) electrons. The number of carbonyl (C=O) groups excluding carboxylic acids is 1. The average molecular weight is 146 g/mol. The highest BCUT2D eigenvalue weighted by molar-refractivity contribution is 6.00. The number of aryl methyl sites for hydroxylation is 1. The molecule has 1 N–H and O–H groups in total. The van der Waals surface area contributed by atoms with Crippen LogP contribution in [-0.4, -0.2) is 5.78 Å². The van der Waals surface area contributed by atoms with E-state index in [2.05, 4.69) is 0 Å². The lowest BCUT2D eigenvalue weighted by Gasteiger charge is -1.96. The van der Waals surface area contributed by atoms with Crippen LogP contribution in [0.5, 0.6) is 0 Å². The van der Waals surface area contributed by atoms with Crippen molar-refractivity contribution in [1.82, 2.24) is 5.73 Å². The van der Waals surface area contributed by atoms with E-state index in [1.54, 1.807) is 18.2 Å². The topological polar surface area (TPSA) is 40.9 Å². The van der Waals surface area contributed by atoms with Crippen molar-refractivity contribution in [3.63, 3.8) is 0 Å². The molecule has 0 aromatic heterocycles. The van der Waals surface area contributed by atoms with Crippen molar-refractivity contribution in [3.8, 4) is 0 Å². The van der Waals surface area contributed by atoms with Crippen LogP contribution >= 0.6 is 0 Å². The van der Waals surface area contributed by atoms with Gasteiger partial charge in [-0.1, -0.05) is 0 Å². The molecule has 0 saturated heterocycles. The summed E-state index contributed by atoms with van der Waals surface area (Å²) in [6.45, 7) is 0. The molecule has 55 valence electrons. The number of benzene rings is 1. The molecule has 0 spiro atoms. The molecule has 2 rings (SSSR count). The van der Waals surface area contributed by atoms with E-state index in [0.29, 0.717) is 12.1 Å². The van der Waals surface area contributed by atoms with E-state index in [1.807, 2.05) is 0 Å². The van der Waals surface area contributed by atoms with Crippen molar-refractivity contribution in [1.29, 1.82) is 0 Å². The number of carbonyl (C=O) groups is 1. The molecule has 0 unspecified atom stereocenters. The van der Waals surface area contributed by atoms with Crippen molar-refractivity contribution >= 4 is 11.5 Å².